The first-order valence-electron chi connectivity index (χ1n) is 7.83. The zero-order valence-electron chi connectivity index (χ0n) is 14.1. The molecule has 0 saturated heterocycles. The molecule has 0 aliphatic heterocycles. The van der Waals surface area contributed by atoms with Gasteiger partial charge in [0, 0.05) is 32.5 Å². The Morgan fingerprint density at radius 2 is 1.87 bits per heavy atom. The highest BCUT2D eigenvalue weighted by Gasteiger charge is 2.06. The molecule has 0 aliphatic rings. The standard InChI is InChI=1S/C16H25N7/c1-22(2)11-4-8-18-15-13-19-21-16(20-15)23(3)12-7-14-5-9-17-10-6-14/h5-6,9-10,13H,4,7-8,11-12H2,1-3H3,(H,18,20,21). The predicted molar refractivity (Wildman–Crippen MR) is 92.7 cm³/mol. The van der Waals surface area contributed by atoms with Gasteiger partial charge in [-0.15, -0.1) is 5.10 Å². The monoisotopic (exact) mass is 315 g/mol. The molecule has 0 aromatic carbocycles. The fourth-order valence-electron chi connectivity index (χ4n) is 2.10. The molecule has 0 bridgehead atoms. The normalized spacial score (nSPS) is 10.8. The summed E-state index contributed by atoms with van der Waals surface area (Å²) >= 11 is 0. The van der Waals surface area contributed by atoms with Gasteiger partial charge < -0.3 is 15.1 Å². The molecule has 7 heteroatoms. The molecule has 23 heavy (non-hydrogen) atoms. The summed E-state index contributed by atoms with van der Waals surface area (Å²) in [7, 11) is 6.12. The largest absolute Gasteiger partial charge is 0.369 e. The van der Waals surface area contributed by atoms with E-state index in [2.05, 4.69) is 44.5 Å². The van der Waals surface area contributed by atoms with Crippen molar-refractivity contribution in [2.75, 3.05) is 51.0 Å². The third-order valence-corrected chi connectivity index (χ3v) is 3.46. The van der Waals surface area contributed by atoms with Crippen LogP contribution in [0.5, 0.6) is 0 Å². The van der Waals surface area contributed by atoms with E-state index < -0.39 is 0 Å². The Bertz CT molecular complexity index is 574. The molecule has 2 aromatic heterocycles. The SMILES string of the molecule is CN(C)CCCNc1cnnc(N(C)CCc2ccncc2)n1. The summed E-state index contributed by atoms with van der Waals surface area (Å²) in [4.78, 5) is 12.7. The molecule has 0 fully saturated rings. The van der Waals surface area contributed by atoms with E-state index in [9.17, 15) is 0 Å². The average Bonchev–Trinajstić information content (AvgIpc) is 2.57. The van der Waals surface area contributed by atoms with Crippen LogP contribution in [0.25, 0.3) is 0 Å². The van der Waals surface area contributed by atoms with Gasteiger partial charge in [-0.2, -0.15) is 10.1 Å². The van der Waals surface area contributed by atoms with Gasteiger partial charge in [-0.3, -0.25) is 4.98 Å². The first-order valence-corrected chi connectivity index (χ1v) is 7.83. The molecule has 2 heterocycles. The fourth-order valence-corrected chi connectivity index (χ4v) is 2.10. The summed E-state index contributed by atoms with van der Waals surface area (Å²) in [5.74, 6) is 1.40. The number of anilines is 2. The van der Waals surface area contributed by atoms with Crippen LogP contribution in [-0.2, 0) is 6.42 Å². The Morgan fingerprint density at radius 3 is 2.61 bits per heavy atom. The highest BCUT2D eigenvalue weighted by atomic mass is 15.3. The lowest BCUT2D eigenvalue weighted by Gasteiger charge is -2.17. The van der Waals surface area contributed by atoms with Gasteiger partial charge >= 0.3 is 0 Å². The molecule has 7 nitrogen and oxygen atoms in total. The predicted octanol–water partition coefficient (Wildman–Crippen LogP) is 1.31. The average molecular weight is 315 g/mol. The number of rotatable bonds is 9. The van der Waals surface area contributed by atoms with Crippen LogP contribution in [0.15, 0.2) is 30.7 Å². The van der Waals surface area contributed by atoms with Gasteiger partial charge in [0.15, 0.2) is 5.82 Å². The lowest BCUT2D eigenvalue weighted by atomic mass is 10.2. The molecule has 0 atom stereocenters. The van der Waals surface area contributed by atoms with Crippen molar-refractivity contribution in [1.82, 2.24) is 25.1 Å². The second-order valence-electron chi connectivity index (χ2n) is 5.75. The number of likely N-dealkylation sites (N-methyl/N-ethyl adjacent to an activating group) is 1. The first-order chi connectivity index (χ1) is 11.1. The number of pyridine rings is 1. The summed E-state index contributed by atoms with van der Waals surface area (Å²) in [6, 6.07) is 4.05. The van der Waals surface area contributed by atoms with Gasteiger partial charge in [-0.25, -0.2) is 0 Å². The second-order valence-corrected chi connectivity index (χ2v) is 5.75. The highest BCUT2D eigenvalue weighted by Crippen LogP contribution is 2.09. The van der Waals surface area contributed by atoms with Crippen molar-refractivity contribution < 1.29 is 0 Å². The van der Waals surface area contributed by atoms with E-state index >= 15 is 0 Å². The van der Waals surface area contributed by atoms with Gasteiger partial charge in [0.2, 0.25) is 5.95 Å². The van der Waals surface area contributed by atoms with Crippen LogP contribution in [0.2, 0.25) is 0 Å². The maximum absolute atomic E-state index is 4.52. The van der Waals surface area contributed by atoms with Gasteiger partial charge in [0.1, 0.15) is 0 Å². The second kappa shape index (κ2) is 8.99. The molecular weight excluding hydrogens is 290 g/mol. The van der Waals surface area contributed by atoms with Gasteiger partial charge in [-0.1, -0.05) is 0 Å². The van der Waals surface area contributed by atoms with Gasteiger partial charge in [0.25, 0.3) is 0 Å². The lowest BCUT2D eigenvalue weighted by molar-refractivity contribution is 0.405. The van der Waals surface area contributed by atoms with Crippen molar-refractivity contribution in [3.8, 4) is 0 Å². The quantitative estimate of drug-likeness (QED) is 0.700. The first kappa shape index (κ1) is 17.1. The molecule has 0 amide bonds. The molecule has 0 unspecified atom stereocenters. The number of hydrogen-bond donors (Lipinski definition) is 1. The van der Waals surface area contributed by atoms with Crippen molar-refractivity contribution in [2.24, 2.45) is 0 Å². The van der Waals surface area contributed by atoms with Crippen LogP contribution in [0.1, 0.15) is 12.0 Å². The Kier molecular flexibility index (Phi) is 6.68. The Hall–Kier alpha value is -2.28. The molecule has 2 rings (SSSR count). The zero-order chi connectivity index (χ0) is 16.5. The molecule has 1 N–H and O–H groups in total. The summed E-state index contributed by atoms with van der Waals surface area (Å²) in [6.45, 7) is 2.75. The molecule has 0 saturated carbocycles. The maximum Gasteiger partial charge on any atom is 0.247 e. The molecule has 0 radical (unpaired) electrons. The summed E-state index contributed by atoms with van der Waals surface area (Å²) in [5, 5.41) is 11.4. The molecule has 0 spiro atoms. The minimum atomic E-state index is 0.636. The van der Waals surface area contributed by atoms with Crippen LogP contribution in [0.4, 0.5) is 11.8 Å². The smallest absolute Gasteiger partial charge is 0.247 e. The third-order valence-electron chi connectivity index (χ3n) is 3.46. The molecular formula is C16H25N7. The van der Waals surface area contributed by atoms with E-state index in [0.29, 0.717) is 5.95 Å². The highest BCUT2D eigenvalue weighted by molar-refractivity contribution is 5.38. The number of aromatic nitrogens is 4. The van der Waals surface area contributed by atoms with Crippen LogP contribution < -0.4 is 10.2 Å². The van der Waals surface area contributed by atoms with E-state index in [4.69, 9.17) is 0 Å². The van der Waals surface area contributed by atoms with E-state index in [0.717, 1.165) is 38.3 Å². The van der Waals surface area contributed by atoms with Gasteiger partial charge in [0.05, 0.1) is 6.20 Å². The van der Waals surface area contributed by atoms with Crippen LogP contribution in [0.3, 0.4) is 0 Å². The number of nitrogens with zero attached hydrogens (tertiary/aromatic N) is 6. The fraction of sp³-hybridized carbons (Fsp3) is 0.500. The van der Waals surface area contributed by atoms with Crippen molar-refractivity contribution in [1.29, 1.82) is 0 Å². The Balaban J connectivity index is 1.83. The minimum Gasteiger partial charge on any atom is -0.369 e. The van der Waals surface area contributed by atoms with E-state index in [1.807, 2.05) is 36.5 Å². The molecule has 2 aromatic rings. The Morgan fingerprint density at radius 1 is 1.09 bits per heavy atom. The molecule has 0 aliphatic carbocycles. The van der Waals surface area contributed by atoms with Crippen LogP contribution >= 0.6 is 0 Å². The van der Waals surface area contributed by atoms with Crippen LogP contribution in [0, 0.1) is 0 Å². The summed E-state index contributed by atoms with van der Waals surface area (Å²) in [5.41, 5.74) is 1.25. The van der Waals surface area contributed by atoms with Crippen molar-refractivity contribution in [3.05, 3.63) is 36.3 Å². The van der Waals surface area contributed by atoms with E-state index in [1.165, 1.54) is 5.56 Å². The van der Waals surface area contributed by atoms with Gasteiger partial charge in [-0.05, 0) is 51.2 Å². The van der Waals surface area contributed by atoms with Crippen molar-refractivity contribution in [3.63, 3.8) is 0 Å². The minimum absolute atomic E-state index is 0.636. The van der Waals surface area contributed by atoms with E-state index in [1.54, 1.807) is 6.20 Å². The lowest BCUT2D eigenvalue weighted by Crippen LogP contribution is -2.23. The Labute approximate surface area is 137 Å². The maximum atomic E-state index is 4.52. The number of nitrogens with one attached hydrogen (secondary N) is 1. The summed E-state index contributed by atoms with van der Waals surface area (Å²) in [6.07, 6.45) is 7.26. The number of hydrogen-bond acceptors (Lipinski definition) is 7. The zero-order valence-corrected chi connectivity index (χ0v) is 14.1. The van der Waals surface area contributed by atoms with Crippen molar-refractivity contribution >= 4 is 11.8 Å². The third kappa shape index (κ3) is 6.15. The van der Waals surface area contributed by atoms with Crippen molar-refractivity contribution in [2.45, 2.75) is 12.8 Å². The van der Waals surface area contributed by atoms with E-state index in [-0.39, 0.29) is 0 Å². The topological polar surface area (TPSA) is 70.1 Å². The summed E-state index contributed by atoms with van der Waals surface area (Å²) < 4.78 is 0. The van der Waals surface area contributed by atoms with Crippen LogP contribution in [-0.4, -0.2) is 65.8 Å². The molecule has 124 valence electrons.